The second-order valence-electron chi connectivity index (χ2n) is 7.47. The molecule has 0 aliphatic carbocycles. The SMILES string of the molecule is CNS(=O)(=O)c1cccc(C(=O)NCc2cn(Cc3ccccc3)nc2-c2ccccc2)c1. The van der Waals surface area contributed by atoms with Crippen molar-refractivity contribution in [3.05, 3.63) is 108 Å². The molecule has 8 heteroatoms. The van der Waals surface area contributed by atoms with E-state index in [1.807, 2.05) is 71.5 Å². The van der Waals surface area contributed by atoms with Gasteiger partial charge in [0.05, 0.1) is 17.1 Å². The van der Waals surface area contributed by atoms with Gasteiger partial charge in [-0.15, -0.1) is 0 Å². The van der Waals surface area contributed by atoms with Gasteiger partial charge in [0.2, 0.25) is 10.0 Å². The van der Waals surface area contributed by atoms with Gasteiger partial charge >= 0.3 is 0 Å². The molecule has 4 aromatic rings. The van der Waals surface area contributed by atoms with E-state index >= 15 is 0 Å². The zero-order chi connectivity index (χ0) is 23.3. The molecule has 0 bridgehead atoms. The summed E-state index contributed by atoms with van der Waals surface area (Å²) in [6.07, 6.45) is 1.93. The predicted molar refractivity (Wildman–Crippen MR) is 127 cm³/mol. The van der Waals surface area contributed by atoms with Gasteiger partial charge in [0, 0.05) is 29.4 Å². The van der Waals surface area contributed by atoms with Gasteiger partial charge in [-0.05, 0) is 30.8 Å². The molecule has 0 fully saturated rings. The average molecular weight is 461 g/mol. The molecule has 33 heavy (non-hydrogen) atoms. The molecule has 0 saturated heterocycles. The van der Waals surface area contributed by atoms with Crippen LogP contribution in [0.5, 0.6) is 0 Å². The highest BCUT2D eigenvalue weighted by Gasteiger charge is 2.16. The number of hydrogen-bond acceptors (Lipinski definition) is 4. The Kier molecular flexibility index (Phi) is 6.67. The predicted octanol–water partition coefficient (Wildman–Crippen LogP) is 3.44. The average Bonchev–Trinajstić information content (AvgIpc) is 3.26. The van der Waals surface area contributed by atoms with Crippen LogP contribution in [0.1, 0.15) is 21.5 Å². The maximum atomic E-state index is 12.8. The quantitative estimate of drug-likeness (QED) is 0.421. The van der Waals surface area contributed by atoms with E-state index in [4.69, 9.17) is 5.10 Å². The third kappa shape index (κ3) is 5.36. The van der Waals surface area contributed by atoms with Crippen molar-refractivity contribution < 1.29 is 13.2 Å². The van der Waals surface area contributed by atoms with Crippen molar-refractivity contribution in [1.82, 2.24) is 19.8 Å². The van der Waals surface area contributed by atoms with Gasteiger partial charge in [0.1, 0.15) is 0 Å². The summed E-state index contributed by atoms with van der Waals surface area (Å²) in [6, 6.07) is 25.8. The minimum Gasteiger partial charge on any atom is -0.348 e. The minimum atomic E-state index is -3.63. The molecule has 0 atom stereocenters. The van der Waals surface area contributed by atoms with Crippen LogP contribution in [0.3, 0.4) is 0 Å². The first-order valence-electron chi connectivity index (χ1n) is 10.4. The molecule has 1 heterocycles. The van der Waals surface area contributed by atoms with Gasteiger partial charge in [-0.1, -0.05) is 66.7 Å². The third-order valence-corrected chi connectivity index (χ3v) is 6.60. The topological polar surface area (TPSA) is 93.1 Å². The first-order valence-corrected chi connectivity index (χ1v) is 11.9. The van der Waals surface area contributed by atoms with Crippen LogP contribution in [0.4, 0.5) is 0 Å². The number of nitrogens with zero attached hydrogens (tertiary/aromatic N) is 2. The fourth-order valence-electron chi connectivity index (χ4n) is 3.48. The van der Waals surface area contributed by atoms with E-state index in [1.165, 1.54) is 19.2 Å². The summed E-state index contributed by atoms with van der Waals surface area (Å²) < 4.78 is 28.2. The molecule has 7 nitrogen and oxygen atoms in total. The van der Waals surface area contributed by atoms with Crippen LogP contribution in [0, 0.1) is 0 Å². The molecule has 2 N–H and O–H groups in total. The molecular formula is C25H24N4O3S. The lowest BCUT2D eigenvalue weighted by Crippen LogP contribution is -2.24. The van der Waals surface area contributed by atoms with Gasteiger partial charge < -0.3 is 5.32 Å². The van der Waals surface area contributed by atoms with Gasteiger partial charge in [-0.2, -0.15) is 5.10 Å². The molecule has 0 radical (unpaired) electrons. The Hall–Kier alpha value is -3.75. The van der Waals surface area contributed by atoms with E-state index in [2.05, 4.69) is 10.0 Å². The number of nitrogens with one attached hydrogen (secondary N) is 2. The number of sulfonamides is 1. The molecule has 0 spiro atoms. The summed E-state index contributed by atoms with van der Waals surface area (Å²) >= 11 is 0. The van der Waals surface area contributed by atoms with E-state index in [0.717, 1.165) is 22.4 Å². The molecular weight excluding hydrogens is 436 g/mol. The van der Waals surface area contributed by atoms with Crippen molar-refractivity contribution in [2.45, 2.75) is 18.0 Å². The second-order valence-corrected chi connectivity index (χ2v) is 9.36. The minimum absolute atomic E-state index is 0.0401. The van der Waals surface area contributed by atoms with E-state index < -0.39 is 10.0 Å². The van der Waals surface area contributed by atoms with Gasteiger partial charge in [-0.3, -0.25) is 9.48 Å². The number of carbonyl (C=O) groups excluding carboxylic acids is 1. The summed E-state index contributed by atoms with van der Waals surface area (Å²) in [4.78, 5) is 12.8. The van der Waals surface area contributed by atoms with Crippen molar-refractivity contribution in [3.63, 3.8) is 0 Å². The summed E-state index contributed by atoms with van der Waals surface area (Å²) in [5.74, 6) is -0.363. The first-order chi connectivity index (χ1) is 16.0. The van der Waals surface area contributed by atoms with Crippen LogP contribution < -0.4 is 10.0 Å². The standard InChI is InChI=1S/C25H24N4O3S/c1-26-33(31,32)23-14-8-13-21(15-23)25(30)27-16-22-18-29(17-19-9-4-2-5-10-19)28-24(22)20-11-6-3-7-12-20/h2-15,18,26H,16-17H2,1H3,(H,27,30). The molecule has 1 aromatic heterocycles. The summed E-state index contributed by atoms with van der Waals surface area (Å²) in [6.45, 7) is 0.861. The lowest BCUT2D eigenvalue weighted by atomic mass is 10.1. The lowest BCUT2D eigenvalue weighted by Gasteiger charge is -2.08. The highest BCUT2D eigenvalue weighted by molar-refractivity contribution is 7.89. The van der Waals surface area contributed by atoms with Crippen molar-refractivity contribution >= 4 is 15.9 Å². The van der Waals surface area contributed by atoms with E-state index in [9.17, 15) is 13.2 Å². The number of aromatic nitrogens is 2. The molecule has 3 aromatic carbocycles. The molecule has 168 valence electrons. The highest BCUT2D eigenvalue weighted by Crippen LogP contribution is 2.22. The lowest BCUT2D eigenvalue weighted by molar-refractivity contribution is 0.0950. The number of benzene rings is 3. The normalized spacial score (nSPS) is 11.3. The van der Waals surface area contributed by atoms with Gasteiger partial charge in [0.15, 0.2) is 0 Å². The van der Waals surface area contributed by atoms with Gasteiger partial charge in [0.25, 0.3) is 5.91 Å². The fraction of sp³-hybridized carbons (Fsp3) is 0.120. The van der Waals surface area contributed by atoms with E-state index in [1.54, 1.807) is 12.1 Å². The number of hydrogen-bond donors (Lipinski definition) is 2. The summed E-state index contributed by atoms with van der Waals surface area (Å²) in [5.41, 5.74) is 4.00. The molecule has 0 aliphatic rings. The largest absolute Gasteiger partial charge is 0.348 e. The van der Waals surface area contributed by atoms with Gasteiger partial charge in [-0.25, -0.2) is 13.1 Å². The van der Waals surface area contributed by atoms with Crippen LogP contribution in [-0.4, -0.2) is 31.2 Å². The Morgan fingerprint density at radius 2 is 1.64 bits per heavy atom. The zero-order valence-electron chi connectivity index (χ0n) is 18.1. The Morgan fingerprint density at radius 3 is 2.33 bits per heavy atom. The molecule has 0 unspecified atom stereocenters. The third-order valence-electron chi connectivity index (χ3n) is 5.19. The fourth-order valence-corrected chi connectivity index (χ4v) is 4.26. The van der Waals surface area contributed by atoms with Crippen molar-refractivity contribution in [3.8, 4) is 11.3 Å². The van der Waals surface area contributed by atoms with Crippen molar-refractivity contribution in [1.29, 1.82) is 0 Å². The second kappa shape index (κ2) is 9.81. The Morgan fingerprint density at radius 1 is 0.939 bits per heavy atom. The summed E-state index contributed by atoms with van der Waals surface area (Å²) in [5, 5.41) is 7.65. The van der Waals surface area contributed by atoms with Crippen LogP contribution in [0.15, 0.2) is 96.0 Å². The Labute approximate surface area is 193 Å². The van der Waals surface area contributed by atoms with Crippen molar-refractivity contribution in [2.24, 2.45) is 0 Å². The van der Waals surface area contributed by atoms with E-state index in [-0.39, 0.29) is 22.9 Å². The van der Waals surface area contributed by atoms with Crippen molar-refractivity contribution in [2.75, 3.05) is 7.05 Å². The molecule has 0 aliphatic heterocycles. The van der Waals surface area contributed by atoms with E-state index in [0.29, 0.717) is 6.54 Å². The molecule has 1 amide bonds. The maximum Gasteiger partial charge on any atom is 0.251 e. The number of amides is 1. The van der Waals surface area contributed by atoms with Crippen LogP contribution in [0.2, 0.25) is 0 Å². The monoisotopic (exact) mass is 460 g/mol. The Bertz CT molecular complexity index is 1350. The smallest absolute Gasteiger partial charge is 0.251 e. The van der Waals surface area contributed by atoms with Crippen LogP contribution >= 0.6 is 0 Å². The molecule has 0 saturated carbocycles. The number of rotatable bonds is 8. The Balaban J connectivity index is 1.57. The first kappa shape index (κ1) is 22.4. The number of carbonyl (C=O) groups is 1. The zero-order valence-corrected chi connectivity index (χ0v) is 18.9. The van der Waals surface area contributed by atoms with Crippen LogP contribution in [-0.2, 0) is 23.1 Å². The highest BCUT2D eigenvalue weighted by atomic mass is 32.2. The summed E-state index contributed by atoms with van der Waals surface area (Å²) in [7, 11) is -2.30. The van der Waals surface area contributed by atoms with Crippen LogP contribution in [0.25, 0.3) is 11.3 Å². The molecule has 4 rings (SSSR count). The maximum absolute atomic E-state index is 12.8.